The van der Waals surface area contributed by atoms with Gasteiger partial charge in [0.1, 0.15) is 6.23 Å². The lowest BCUT2D eigenvalue weighted by atomic mass is 9.99. The maximum absolute atomic E-state index is 5.98. The number of ether oxygens (including phenoxy) is 1. The Hall–Kier alpha value is -1.12. The number of nitrogens with zero attached hydrogens (tertiary/aromatic N) is 1. The van der Waals surface area contributed by atoms with Gasteiger partial charge in [-0.2, -0.15) is 0 Å². The number of fused-ring (bicyclic) bond motifs is 1. The molecule has 2 aliphatic rings. The van der Waals surface area contributed by atoms with Gasteiger partial charge in [0.2, 0.25) is 0 Å². The summed E-state index contributed by atoms with van der Waals surface area (Å²) >= 11 is 0. The van der Waals surface area contributed by atoms with Crippen molar-refractivity contribution < 1.29 is 4.74 Å². The summed E-state index contributed by atoms with van der Waals surface area (Å²) in [6, 6.07) is 11.7. The Balaban J connectivity index is 1.86. The Labute approximate surface area is 109 Å². The molecule has 1 aromatic carbocycles. The van der Waals surface area contributed by atoms with Gasteiger partial charge >= 0.3 is 0 Å². The van der Waals surface area contributed by atoms with Crippen LogP contribution in [-0.4, -0.2) is 23.8 Å². The smallest absolute Gasteiger partial charge is 0.115 e. The molecular formula is C16H21NO. The Bertz CT molecular complexity index is 414. The number of rotatable bonds is 3. The molecule has 96 valence electrons. The maximum atomic E-state index is 5.98. The Kier molecular flexibility index (Phi) is 3.48. The van der Waals surface area contributed by atoms with Crippen LogP contribution in [0.5, 0.6) is 0 Å². The summed E-state index contributed by atoms with van der Waals surface area (Å²) in [6.45, 7) is 3.09. The maximum Gasteiger partial charge on any atom is 0.115 e. The number of benzene rings is 1. The molecule has 0 saturated carbocycles. The average Bonchev–Trinajstić information content (AvgIpc) is 2.85. The molecule has 2 nitrogen and oxygen atoms in total. The highest BCUT2D eigenvalue weighted by molar-refractivity contribution is 5.22. The van der Waals surface area contributed by atoms with Gasteiger partial charge in [0.25, 0.3) is 0 Å². The van der Waals surface area contributed by atoms with Crippen LogP contribution in [0.2, 0.25) is 0 Å². The Morgan fingerprint density at radius 2 is 2.11 bits per heavy atom. The highest BCUT2D eigenvalue weighted by Crippen LogP contribution is 2.37. The van der Waals surface area contributed by atoms with Crippen LogP contribution < -0.4 is 0 Å². The van der Waals surface area contributed by atoms with Crippen LogP contribution in [-0.2, 0) is 4.74 Å². The lowest BCUT2D eigenvalue weighted by Crippen LogP contribution is -2.42. The molecule has 0 radical (unpaired) electrons. The zero-order valence-electron chi connectivity index (χ0n) is 11.0. The standard InChI is InChI=1S/C16H21NO/c1-2-7-14-10-6-11-16-17(14)15(12-18-16)13-8-4-3-5-9-13/h3-6,8-10,14-16H,2,7,11-12H2,1H3/t14-,15-,16+/m0/s1. The normalized spacial score (nSPS) is 31.5. The Morgan fingerprint density at radius 3 is 2.89 bits per heavy atom. The van der Waals surface area contributed by atoms with Crippen LogP contribution in [0, 0.1) is 0 Å². The van der Waals surface area contributed by atoms with Gasteiger partial charge in [-0.1, -0.05) is 55.8 Å². The molecule has 1 fully saturated rings. The summed E-state index contributed by atoms with van der Waals surface area (Å²) in [7, 11) is 0. The van der Waals surface area contributed by atoms with E-state index in [1.807, 2.05) is 0 Å². The summed E-state index contributed by atoms with van der Waals surface area (Å²) in [5.41, 5.74) is 1.39. The topological polar surface area (TPSA) is 12.5 Å². The molecule has 1 aromatic rings. The molecule has 1 saturated heterocycles. The fraction of sp³-hybridized carbons (Fsp3) is 0.500. The molecule has 0 aliphatic carbocycles. The molecule has 0 aromatic heterocycles. The van der Waals surface area contributed by atoms with Gasteiger partial charge < -0.3 is 4.74 Å². The average molecular weight is 243 g/mol. The lowest BCUT2D eigenvalue weighted by Gasteiger charge is -2.36. The van der Waals surface area contributed by atoms with Gasteiger partial charge in [0, 0.05) is 12.5 Å². The predicted octanol–water partition coefficient (Wildman–Crippen LogP) is 3.51. The van der Waals surface area contributed by atoms with Crippen LogP contribution in [0.3, 0.4) is 0 Å². The molecule has 0 unspecified atom stereocenters. The van der Waals surface area contributed by atoms with E-state index in [1.165, 1.54) is 18.4 Å². The van der Waals surface area contributed by atoms with Crippen molar-refractivity contribution in [1.29, 1.82) is 0 Å². The van der Waals surface area contributed by atoms with Crippen molar-refractivity contribution in [3.8, 4) is 0 Å². The zero-order valence-corrected chi connectivity index (χ0v) is 11.0. The monoisotopic (exact) mass is 243 g/mol. The fourth-order valence-corrected chi connectivity index (χ4v) is 3.15. The van der Waals surface area contributed by atoms with Crippen molar-refractivity contribution in [3.63, 3.8) is 0 Å². The van der Waals surface area contributed by atoms with Gasteiger partial charge in [0.05, 0.1) is 12.6 Å². The van der Waals surface area contributed by atoms with Crippen molar-refractivity contribution in [1.82, 2.24) is 4.90 Å². The molecule has 0 amide bonds. The van der Waals surface area contributed by atoms with Crippen molar-refractivity contribution in [2.24, 2.45) is 0 Å². The van der Waals surface area contributed by atoms with E-state index in [2.05, 4.69) is 54.3 Å². The van der Waals surface area contributed by atoms with E-state index < -0.39 is 0 Å². The van der Waals surface area contributed by atoms with Crippen LogP contribution >= 0.6 is 0 Å². The Morgan fingerprint density at radius 1 is 1.28 bits per heavy atom. The van der Waals surface area contributed by atoms with Crippen molar-refractivity contribution in [2.45, 2.75) is 44.5 Å². The van der Waals surface area contributed by atoms with E-state index >= 15 is 0 Å². The third-order valence-corrected chi connectivity index (χ3v) is 3.99. The minimum absolute atomic E-state index is 0.289. The first-order valence-corrected chi connectivity index (χ1v) is 7.01. The number of hydrogen-bond acceptors (Lipinski definition) is 2. The summed E-state index contributed by atoms with van der Waals surface area (Å²) in [5, 5.41) is 0. The van der Waals surface area contributed by atoms with Gasteiger partial charge in [-0.05, 0) is 12.0 Å². The quantitative estimate of drug-likeness (QED) is 0.753. The molecule has 0 N–H and O–H groups in total. The summed E-state index contributed by atoms with van der Waals surface area (Å²) in [4.78, 5) is 2.57. The zero-order chi connectivity index (χ0) is 12.4. The SMILES string of the molecule is CCC[C@H]1C=CC[C@H]2OC[C@@H](c3ccccc3)N12. The van der Waals surface area contributed by atoms with E-state index in [9.17, 15) is 0 Å². The fourth-order valence-electron chi connectivity index (χ4n) is 3.15. The minimum atomic E-state index is 0.289. The van der Waals surface area contributed by atoms with E-state index in [-0.39, 0.29) is 6.23 Å². The van der Waals surface area contributed by atoms with Gasteiger partial charge in [0.15, 0.2) is 0 Å². The van der Waals surface area contributed by atoms with Crippen LogP contribution in [0.4, 0.5) is 0 Å². The third kappa shape index (κ3) is 2.11. The second-order valence-corrected chi connectivity index (χ2v) is 5.18. The highest BCUT2D eigenvalue weighted by Gasteiger charge is 2.39. The number of hydrogen-bond donors (Lipinski definition) is 0. The molecule has 3 rings (SSSR count). The van der Waals surface area contributed by atoms with E-state index in [4.69, 9.17) is 4.74 Å². The third-order valence-electron chi connectivity index (χ3n) is 3.99. The molecule has 3 atom stereocenters. The molecular weight excluding hydrogens is 222 g/mol. The largest absolute Gasteiger partial charge is 0.361 e. The molecule has 0 spiro atoms. The molecule has 0 bridgehead atoms. The first-order chi connectivity index (χ1) is 8.90. The van der Waals surface area contributed by atoms with E-state index in [1.54, 1.807) is 0 Å². The first kappa shape index (κ1) is 11.9. The summed E-state index contributed by atoms with van der Waals surface area (Å²) in [5.74, 6) is 0. The van der Waals surface area contributed by atoms with Crippen LogP contribution in [0.1, 0.15) is 37.8 Å². The lowest BCUT2D eigenvalue weighted by molar-refractivity contribution is 0.0108. The van der Waals surface area contributed by atoms with Gasteiger partial charge in [-0.15, -0.1) is 0 Å². The van der Waals surface area contributed by atoms with Crippen LogP contribution in [0.15, 0.2) is 42.5 Å². The van der Waals surface area contributed by atoms with E-state index in [0.717, 1.165) is 13.0 Å². The summed E-state index contributed by atoms with van der Waals surface area (Å²) < 4.78 is 5.98. The second-order valence-electron chi connectivity index (χ2n) is 5.18. The van der Waals surface area contributed by atoms with Gasteiger partial charge in [-0.3, -0.25) is 4.90 Å². The van der Waals surface area contributed by atoms with Crippen LogP contribution in [0.25, 0.3) is 0 Å². The molecule has 2 heterocycles. The first-order valence-electron chi connectivity index (χ1n) is 7.01. The van der Waals surface area contributed by atoms with Crippen molar-refractivity contribution >= 4 is 0 Å². The second kappa shape index (κ2) is 5.25. The summed E-state index contributed by atoms with van der Waals surface area (Å²) in [6.07, 6.45) is 8.42. The van der Waals surface area contributed by atoms with Gasteiger partial charge in [-0.25, -0.2) is 0 Å². The minimum Gasteiger partial charge on any atom is -0.361 e. The predicted molar refractivity (Wildman–Crippen MR) is 73.2 cm³/mol. The van der Waals surface area contributed by atoms with Crippen molar-refractivity contribution in [2.75, 3.05) is 6.61 Å². The van der Waals surface area contributed by atoms with E-state index in [0.29, 0.717) is 12.1 Å². The van der Waals surface area contributed by atoms with Crippen molar-refractivity contribution in [3.05, 3.63) is 48.0 Å². The highest BCUT2D eigenvalue weighted by atomic mass is 16.5. The molecule has 18 heavy (non-hydrogen) atoms. The molecule has 2 heteroatoms. The molecule has 2 aliphatic heterocycles.